The molecule has 4 aliphatic rings. The van der Waals surface area contributed by atoms with Crippen LogP contribution in [0.15, 0.2) is 76.7 Å². The molecule has 1 N–H and O–H groups in total. The number of benzene rings is 2. The highest BCUT2D eigenvalue weighted by Crippen LogP contribution is 2.54. The van der Waals surface area contributed by atoms with Crippen molar-refractivity contribution in [1.82, 2.24) is 20.1 Å². The van der Waals surface area contributed by atoms with Gasteiger partial charge in [0.25, 0.3) is 5.91 Å². The highest BCUT2D eigenvalue weighted by Gasteiger charge is 2.53. The van der Waals surface area contributed by atoms with Crippen molar-refractivity contribution in [3.05, 3.63) is 83.9 Å². The van der Waals surface area contributed by atoms with E-state index >= 15 is 4.39 Å². The zero-order chi connectivity index (χ0) is 38.1. The molecule has 7 rings (SSSR count). The number of carbonyl (C=O) groups is 2. The number of carbonyl (C=O) groups excluding carboxylic acids is 2. The SMILES string of the molecule is CNC(=O)c1ccc(S(=O)(=O)c2ccc(N3CC(F)(CN4CCC([C@@](CN5CCC5)(c5cccc(F)c5)[C@H]5CCC[C@@H]5CC(=O)OC)CC4)C3)cc2)cn1. The molecule has 4 fully saturated rings. The van der Waals surface area contributed by atoms with Crippen molar-refractivity contribution in [2.24, 2.45) is 17.8 Å². The fraction of sp³-hybridized carbons (Fsp3) is 0.537. The molecule has 1 aromatic heterocycles. The summed E-state index contributed by atoms with van der Waals surface area (Å²) in [5.41, 5.74) is 0.177. The Hall–Kier alpha value is -3.94. The Morgan fingerprint density at radius 3 is 2.28 bits per heavy atom. The summed E-state index contributed by atoms with van der Waals surface area (Å²) in [5, 5.41) is 2.46. The Balaban J connectivity index is 1.01. The smallest absolute Gasteiger partial charge is 0.305 e. The van der Waals surface area contributed by atoms with Gasteiger partial charge < -0.3 is 19.9 Å². The molecule has 0 spiro atoms. The highest BCUT2D eigenvalue weighted by molar-refractivity contribution is 7.91. The average Bonchev–Trinajstić information content (AvgIpc) is 3.62. The number of hydrogen-bond donors (Lipinski definition) is 1. The Kier molecular flexibility index (Phi) is 11.1. The number of hydrogen-bond acceptors (Lipinski definition) is 9. The lowest BCUT2D eigenvalue weighted by atomic mass is 9.56. The van der Waals surface area contributed by atoms with E-state index in [1.807, 2.05) is 11.0 Å². The maximum atomic E-state index is 16.2. The number of methoxy groups -OCH3 is 1. The van der Waals surface area contributed by atoms with Gasteiger partial charge in [-0.3, -0.25) is 14.5 Å². The van der Waals surface area contributed by atoms with Crippen molar-refractivity contribution in [1.29, 1.82) is 0 Å². The minimum atomic E-state index is -3.85. The minimum absolute atomic E-state index is 0.0172. The predicted molar refractivity (Wildman–Crippen MR) is 201 cm³/mol. The number of halogens is 2. The zero-order valence-electron chi connectivity index (χ0n) is 31.2. The zero-order valence-corrected chi connectivity index (χ0v) is 32.0. The van der Waals surface area contributed by atoms with Gasteiger partial charge in [-0.2, -0.15) is 0 Å². The summed E-state index contributed by atoms with van der Waals surface area (Å²) in [6, 6.07) is 16.3. The Labute approximate surface area is 317 Å². The van der Waals surface area contributed by atoms with E-state index < -0.39 is 21.4 Å². The number of rotatable bonds is 13. The summed E-state index contributed by atoms with van der Waals surface area (Å²) in [4.78, 5) is 35.1. The van der Waals surface area contributed by atoms with Crippen molar-refractivity contribution in [2.75, 3.05) is 71.4 Å². The van der Waals surface area contributed by atoms with Crippen LogP contribution in [0.1, 0.15) is 61.0 Å². The Bertz CT molecular complexity index is 1910. The van der Waals surface area contributed by atoms with E-state index in [2.05, 4.69) is 26.2 Å². The van der Waals surface area contributed by atoms with E-state index in [1.54, 1.807) is 18.2 Å². The van der Waals surface area contributed by atoms with Gasteiger partial charge in [0.1, 0.15) is 11.5 Å². The van der Waals surface area contributed by atoms with Gasteiger partial charge in [-0.1, -0.05) is 18.6 Å². The lowest BCUT2D eigenvalue weighted by molar-refractivity contribution is -0.142. The molecule has 3 saturated heterocycles. The van der Waals surface area contributed by atoms with Crippen LogP contribution in [0, 0.1) is 23.6 Å². The second kappa shape index (κ2) is 15.7. The van der Waals surface area contributed by atoms with Gasteiger partial charge in [-0.05, 0) is 130 Å². The molecule has 1 amide bonds. The molecule has 4 heterocycles. The number of nitrogens with zero attached hydrogens (tertiary/aromatic N) is 4. The molecule has 1 saturated carbocycles. The van der Waals surface area contributed by atoms with Crippen LogP contribution in [-0.4, -0.2) is 107 Å². The van der Waals surface area contributed by atoms with Gasteiger partial charge >= 0.3 is 5.97 Å². The van der Waals surface area contributed by atoms with Gasteiger partial charge in [0.15, 0.2) is 5.67 Å². The summed E-state index contributed by atoms with van der Waals surface area (Å²) < 4.78 is 62.8. The van der Waals surface area contributed by atoms with E-state index in [1.165, 1.54) is 50.7 Å². The molecule has 0 radical (unpaired) electrons. The predicted octanol–water partition coefficient (Wildman–Crippen LogP) is 5.28. The maximum Gasteiger partial charge on any atom is 0.305 e. The fourth-order valence-electron chi connectivity index (χ4n) is 9.74. The third-order valence-electron chi connectivity index (χ3n) is 12.6. The largest absolute Gasteiger partial charge is 0.469 e. The number of esters is 1. The number of pyridine rings is 1. The van der Waals surface area contributed by atoms with Gasteiger partial charge in [-0.15, -0.1) is 0 Å². The molecule has 3 aliphatic heterocycles. The van der Waals surface area contributed by atoms with Crippen LogP contribution >= 0.6 is 0 Å². The van der Waals surface area contributed by atoms with Crippen LogP contribution < -0.4 is 10.2 Å². The average molecular weight is 764 g/mol. The summed E-state index contributed by atoms with van der Waals surface area (Å²) in [5.74, 6) is -0.188. The molecular weight excluding hydrogens is 713 g/mol. The number of sulfone groups is 1. The van der Waals surface area contributed by atoms with E-state index in [0.29, 0.717) is 13.0 Å². The lowest BCUT2D eigenvalue weighted by Gasteiger charge is -2.54. The molecule has 0 unspecified atom stereocenters. The molecule has 13 heteroatoms. The number of ether oxygens (including phenoxy) is 1. The van der Waals surface area contributed by atoms with Crippen LogP contribution in [0.4, 0.5) is 14.5 Å². The minimum Gasteiger partial charge on any atom is -0.469 e. The molecule has 10 nitrogen and oxygen atoms in total. The van der Waals surface area contributed by atoms with Gasteiger partial charge in [0.2, 0.25) is 9.84 Å². The molecule has 0 bridgehead atoms. The first-order valence-corrected chi connectivity index (χ1v) is 20.7. The molecule has 54 heavy (non-hydrogen) atoms. The number of amides is 1. The first-order chi connectivity index (χ1) is 25.9. The van der Waals surface area contributed by atoms with Crippen LogP contribution in [0.25, 0.3) is 0 Å². The summed E-state index contributed by atoms with van der Waals surface area (Å²) in [6.07, 6.45) is 7.42. The first-order valence-electron chi connectivity index (χ1n) is 19.2. The first kappa shape index (κ1) is 38.3. The number of likely N-dealkylation sites (tertiary alicyclic amines) is 2. The van der Waals surface area contributed by atoms with Gasteiger partial charge in [-0.25, -0.2) is 22.2 Å². The number of anilines is 1. The molecular formula is C41H51F2N5O5S. The lowest BCUT2D eigenvalue weighted by Crippen LogP contribution is -2.64. The van der Waals surface area contributed by atoms with Crippen LogP contribution in [0.2, 0.25) is 0 Å². The maximum absolute atomic E-state index is 16.2. The van der Waals surface area contributed by atoms with Crippen molar-refractivity contribution in [3.8, 4) is 0 Å². The molecule has 3 aromatic rings. The Morgan fingerprint density at radius 1 is 0.944 bits per heavy atom. The number of aromatic nitrogens is 1. The van der Waals surface area contributed by atoms with Gasteiger partial charge in [0.05, 0.1) is 30.0 Å². The van der Waals surface area contributed by atoms with E-state index in [9.17, 15) is 22.4 Å². The fourth-order valence-corrected chi connectivity index (χ4v) is 10.9. The van der Waals surface area contributed by atoms with Crippen LogP contribution in [-0.2, 0) is 24.8 Å². The highest BCUT2D eigenvalue weighted by atomic mass is 32.2. The van der Waals surface area contributed by atoms with Crippen molar-refractivity contribution >= 4 is 27.4 Å². The quantitative estimate of drug-likeness (QED) is 0.233. The van der Waals surface area contributed by atoms with Gasteiger partial charge in [0, 0.05) is 43.9 Å². The molecule has 2 aromatic carbocycles. The second-order valence-electron chi connectivity index (χ2n) is 15.8. The summed E-state index contributed by atoms with van der Waals surface area (Å²) in [6.45, 7) is 5.11. The van der Waals surface area contributed by atoms with E-state index in [0.717, 1.165) is 82.5 Å². The normalized spacial score (nSPS) is 23.2. The van der Waals surface area contributed by atoms with Crippen LogP contribution in [0.5, 0.6) is 0 Å². The summed E-state index contributed by atoms with van der Waals surface area (Å²) >= 11 is 0. The third kappa shape index (κ3) is 7.64. The second-order valence-corrected chi connectivity index (χ2v) is 17.7. The van der Waals surface area contributed by atoms with E-state index in [4.69, 9.17) is 4.74 Å². The van der Waals surface area contributed by atoms with Crippen molar-refractivity contribution in [3.63, 3.8) is 0 Å². The van der Waals surface area contributed by atoms with Crippen molar-refractivity contribution in [2.45, 2.75) is 65.8 Å². The standard InChI is InChI=1S/C41H51F2N5O5S/c1-44-39(50)37-15-14-35(24-45-37)54(51,52)34-12-10-33(11-13-34)48-26-40(43,27-48)25-47-20-16-30(17-21-47)41(28-46-18-5-19-46,31-7-4-8-32(42)23-31)36-9-3-6-29(36)22-38(49)53-2/h4,7-8,10-15,23-24,29-30,36H,3,5-6,9,16-22,25-28H2,1-2H3,(H,44,50)/t29-,36+,41+/m1/s1. The number of piperidine rings is 1. The topological polar surface area (TPSA) is 112 Å². The molecule has 3 atom stereocenters. The summed E-state index contributed by atoms with van der Waals surface area (Å²) in [7, 11) is -0.931. The van der Waals surface area contributed by atoms with Crippen molar-refractivity contribution < 1.29 is 31.5 Å². The number of alkyl halides is 1. The van der Waals surface area contributed by atoms with Crippen LogP contribution in [0.3, 0.4) is 0 Å². The number of nitrogens with one attached hydrogen (secondary N) is 1. The molecule has 290 valence electrons. The Morgan fingerprint density at radius 2 is 1.67 bits per heavy atom. The van der Waals surface area contributed by atoms with E-state index in [-0.39, 0.29) is 63.5 Å². The monoisotopic (exact) mass is 763 g/mol. The third-order valence-corrected chi connectivity index (χ3v) is 14.3. The molecule has 1 aliphatic carbocycles.